The van der Waals surface area contributed by atoms with Gasteiger partial charge in [-0.15, -0.1) is 0 Å². The first-order chi connectivity index (χ1) is 12.6. The summed E-state index contributed by atoms with van der Waals surface area (Å²) < 4.78 is 14.8. The van der Waals surface area contributed by atoms with Gasteiger partial charge in [-0.3, -0.25) is 9.59 Å². The Kier molecular flexibility index (Phi) is 3.91. The molecule has 0 radical (unpaired) electrons. The molecule has 3 aromatic rings. The highest BCUT2D eigenvalue weighted by atomic mass is 19.1. The molecular formula is C19H17FN4O2. The van der Waals surface area contributed by atoms with Gasteiger partial charge in [0, 0.05) is 13.1 Å². The van der Waals surface area contributed by atoms with Crippen LogP contribution in [0.25, 0.3) is 11.0 Å². The largest absolute Gasteiger partial charge is 0.352 e. The van der Waals surface area contributed by atoms with Crippen molar-refractivity contribution in [3.8, 4) is 0 Å². The number of fused-ring (bicyclic) bond motifs is 1. The van der Waals surface area contributed by atoms with Crippen molar-refractivity contribution in [3.63, 3.8) is 0 Å². The Labute approximate surface area is 149 Å². The minimum Gasteiger partial charge on any atom is -0.352 e. The van der Waals surface area contributed by atoms with Crippen LogP contribution in [0.1, 0.15) is 27.5 Å². The van der Waals surface area contributed by atoms with Gasteiger partial charge < -0.3 is 15.2 Å². The number of benzene rings is 2. The normalized spacial score (nSPS) is 17.4. The van der Waals surface area contributed by atoms with Crippen LogP contribution in [-0.2, 0) is 4.79 Å². The van der Waals surface area contributed by atoms with Gasteiger partial charge in [-0.1, -0.05) is 24.3 Å². The number of rotatable bonds is 2. The molecule has 4 rings (SSSR count). The Bertz CT molecular complexity index is 1010. The number of aromatic amines is 1. The van der Waals surface area contributed by atoms with Crippen molar-refractivity contribution in [1.29, 1.82) is 0 Å². The van der Waals surface area contributed by atoms with E-state index in [0.29, 0.717) is 18.6 Å². The van der Waals surface area contributed by atoms with Crippen LogP contribution in [0.5, 0.6) is 0 Å². The number of carbonyl (C=O) groups excluding carboxylic acids is 2. The van der Waals surface area contributed by atoms with Crippen molar-refractivity contribution in [2.45, 2.75) is 13.0 Å². The number of imidazole rings is 1. The molecule has 0 saturated carbocycles. The summed E-state index contributed by atoms with van der Waals surface area (Å²) in [5.41, 5.74) is 2.18. The Morgan fingerprint density at radius 3 is 2.88 bits per heavy atom. The molecule has 132 valence electrons. The minimum absolute atomic E-state index is 0.0853. The van der Waals surface area contributed by atoms with E-state index in [1.54, 1.807) is 6.07 Å². The molecule has 1 aromatic heterocycles. The van der Waals surface area contributed by atoms with E-state index in [9.17, 15) is 14.0 Å². The second-order valence-electron chi connectivity index (χ2n) is 6.27. The zero-order valence-electron chi connectivity index (χ0n) is 14.1. The van der Waals surface area contributed by atoms with Gasteiger partial charge in [0.25, 0.3) is 5.91 Å². The molecule has 1 fully saturated rings. The number of aromatic nitrogens is 2. The standard InChI is InChI=1S/C19H17FN4O2/c1-11-4-2-3-5-12(11)17-18(25)21-8-9-24(17)19(26)13-6-7-14-16(15(13)20)23-10-22-14/h2-7,10,17H,8-9H2,1H3,(H,21,25)(H,22,23). The molecule has 1 aliphatic heterocycles. The van der Waals surface area contributed by atoms with Crippen LogP contribution in [0.15, 0.2) is 42.7 Å². The van der Waals surface area contributed by atoms with E-state index < -0.39 is 17.8 Å². The predicted octanol–water partition coefficient (Wildman–Crippen LogP) is 2.32. The molecular weight excluding hydrogens is 335 g/mol. The van der Waals surface area contributed by atoms with Crippen molar-refractivity contribution >= 4 is 22.8 Å². The summed E-state index contributed by atoms with van der Waals surface area (Å²) in [4.78, 5) is 33.8. The molecule has 0 bridgehead atoms. The van der Waals surface area contributed by atoms with Gasteiger partial charge in [0.2, 0.25) is 5.91 Å². The highest BCUT2D eigenvalue weighted by molar-refractivity contribution is 6.01. The van der Waals surface area contributed by atoms with Crippen LogP contribution in [0.3, 0.4) is 0 Å². The molecule has 2 amide bonds. The lowest BCUT2D eigenvalue weighted by Gasteiger charge is -2.36. The second-order valence-corrected chi connectivity index (χ2v) is 6.27. The van der Waals surface area contributed by atoms with Crippen molar-refractivity contribution in [3.05, 3.63) is 65.2 Å². The predicted molar refractivity (Wildman–Crippen MR) is 94.0 cm³/mol. The van der Waals surface area contributed by atoms with E-state index in [0.717, 1.165) is 11.1 Å². The highest BCUT2D eigenvalue weighted by Gasteiger charge is 2.36. The average Bonchev–Trinajstić information content (AvgIpc) is 3.12. The molecule has 2 heterocycles. The SMILES string of the molecule is Cc1ccccc1C1C(=O)NCCN1C(=O)c1ccc2[nH]cnc2c1F. The number of nitrogens with zero attached hydrogens (tertiary/aromatic N) is 2. The van der Waals surface area contributed by atoms with E-state index in [2.05, 4.69) is 15.3 Å². The van der Waals surface area contributed by atoms with Crippen LogP contribution in [0, 0.1) is 12.7 Å². The first-order valence-corrected chi connectivity index (χ1v) is 8.33. The van der Waals surface area contributed by atoms with Gasteiger partial charge in [-0.05, 0) is 30.2 Å². The van der Waals surface area contributed by atoms with E-state index in [1.807, 2.05) is 31.2 Å². The monoisotopic (exact) mass is 352 g/mol. The van der Waals surface area contributed by atoms with E-state index >= 15 is 0 Å². The third-order valence-electron chi connectivity index (χ3n) is 4.72. The second kappa shape index (κ2) is 6.25. The molecule has 0 aliphatic carbocycles. The minimum atomic E-state index is -0.785. The molecule has 26 heavy (non-hydrogen) atoms. The summed E-state index contributed by atoms with van der Waals surface area (Å²) in [6, 6.07) is 9.66. The van der Waals surface area contributed by atoms with Crippen molar-refractivity contribution in [2.75, 3.05) is 13.1 Å². The van der Waals surface area contributed by atoms with Crippen molar-refractivity contribution < 1.29 is 14.0 Å². The van der Waals surface area contributed by atoms with Gasteiger partial charge in [-0.25, -0.2) is 9.37 Å². The smallest absolute Gasteiger partial charge is 0.257 e. The van der Waals surface area contributed by atoms with Crippen molar-refractivity contribution in [1.82, 2.24) is 20.2 Å². The third-order valence-corrected chi connectivity index (χ3v) is 4.72. The summed E-state index contributed by atoms with van der Waals surface area (Å²) in [7, 11) is 0. The van der Waals surface area contributed by atoms with Crippen LogP contribution in [0.4, 0.5) is 4.39 Å². The van der Waals surface area contributed by atoms with Crippen LogP contribution in [-0.4, -0.2) is 39.8 Å². The van der Waals surface area contributed by atoms with Gasteiger partial charge in [-0.2, -0.15) is 0 Å². The molecule has 2 N–H and O–H groups in total. The number of hydrogen-bond acceptors (Lipinski definition) is 3. The summed E-state index contributed by atoms with van der Waals surface area (Å²) >= 11 is 0. The maximum absolute atomic E-state index is 14.8. The number of carbonyl (C=O) groups is 2. The summed E-state index contributed by atoms with van der Waals surface area (Å²) in [6.45, 7) is 2.52. The first-order valence-electron chi connectivity index (χ1n) is 8.33. The molecule has 1 aliphatic rings. The Morgan fingerprint density at radius 2 is 2.08 bits per heavy atom. The fourth-order valence-corrected chi connectivity index (χ4v) is 3.38. The summed E-state index contributed by atoms with van der Waals surface area (Å²) in [6.07, 6.45) is 1.38. The first kappa shape index (κ1) is 16.3. The number of aryl methyl sites for hydroxylation is 1. The van der Waals surface area contributed by atoms with E-state index in [4.69, 9.17) is 0 Å². The molecule has 7 heteroatoms. The molecule has 1 saturated heterocycles. The van der Waals surface area contributed by atoms with Gasteiger partial charge in [0.05, 0.1) is 17.4 Å². The van der Waals surface area contributed by atoms with Gasteiger partial charge in [0.15, 0.2) is 5.82 Å². The van der Waals surface area contributed by atoms with E-state index in [1.165, 1.54) is 17.3 Å². The number of amides is 2. The fraction of sp³-hybridized carbons (Fsp3) is 0.211. The number of H-pyrrole nitrogens is 1. The molecule has 1 unspecified atom stereocenters. The highest BCUT2D eigenvalue weighted by Crippen LogP contribution is 2.29. The Balaban J connectivity index is 1.78. The number of piperazine rings is 1. The average molecular weight is 352 g/mol. The molecule has 6 nitrogen and oxygen atoms in total. The zero-order valence-corrected chi connectivity index (χ0v) is 14.1. The quantitative estimate of drug-likeness (QED) is 0.743. The lowest BCUT2D eigenvalue weighted by molar-refractivity contribution is -0.128. The number of nitrogens with one attached hydrogen (secondary N) is 2. The Hall–Kier alpha value is -3.22. The molecule has 2 aromatic carbocycles. The summed E-state index contributed by atoms with van der Waals surface area (Å²) in [5, 5.41) is 2.79. The van der Waals surface area contributed by atoms with Crippen LogP contribution >= 0.6 is 0 Å². The lowest BCUT2D eigenvalue weighted by atomic mass is 9.97. The number of hydrogen-bond donors (Lipinski definition) is 2. The maximum Gasteiger partial charge on any atom is 0.257 e. The molecule has 1 atom stereocenters. The zero-order chi connectivity index (χ0) is 18.3. The Morgan fingerprint density at radius 1 is 1.27 bits per heavy atom. The fourth-order valence-electron chi connectivity index (χ4n) is 3.38. The van der Waals surface area contributed by atoms with Crippen LogP contribution in [0.2, 0.25) is 0 Å². The van der Waals surface area contributed by atoms with E-state index in [-0.39, 0.29) is 17.0 Å². The summed E-state index contributed by atoms with van der Waals surface area (Å²) in [5.74, 6) is -1.46. The maximum atomic E-state index is 14.8. The van der Waals surface area contributed by atoms with Gasteiger partial charge >= 0.3 is 0 Å². The lowest BCUT2D eigenvalue weighted by Crippen LogP contribution is -2.52. The van der Waals surface area contributed by atoms with Crippen LogP contribution < -0.4 is 5.32 Å². The van der Waals surface area contributed by atoms with Gasteiger partial charge in [0.1, 0.15) is 11.6 Å². The third kappa shape index (κ3) is 2.52. The number of halogens is 1. The topological polar surface area (TPSA) is 78.1 Å². The molecule has 0 spiro atoms. The van der Waals surface area contributed by atoms with Crippen molar-refractivity contribution in [2.24, 2.45) is 0 Å².